The minimum Gasteiger partial charge on any atom is -0.324 e. The summed E-state index contributed by atoms with van der Waals surface area (Å²) in [6.07, 6.45) is 0.741. The summed E-state index contributed by atoms with van der Waals surface area (Å²) >= 11 is 5.85. The third-order valence-corrected chi connectivity index (χ3v) is 2.59. The minimum atomic E-state index is -0.459. The molecule has 0 amide bonds. The highest BCUT2D eigenvalue weighted by molar-refractivity contribution is 6.30. The van der Waals surface area contributed by atoms with Gasteiger partial charge in [0.25, 0.3) is 5.69 Å². The first-order valence-electron chi connectivity index (χ1n) is 5.39. The fourth-order valence-electron chi connectivity index (χ4n) is 1.69. The Morgan fingerprint density at radius 3 is 2.47 bits per heavy atom. The number of halogens is 1. The van der Waals surface area contributed by atoms with Crippen molar-refractivity contribution in [1.82, 2.24) is 0 Å². The Bertz CT molecular complexity index is 427. The van der Waals surface area contributed by atoms with Crippen LogP contribution < -0.4 is 5.73 Å². The number of benzene rings is 1. The van der Waals surface area contributed by atoms with Gasteiger partial charge < -0.3 is 5.73 Å². The van der Waals surface area contributed by atoms with E-state index >= 15 is 0 Å². The summed E-state index contributed by atoms with van der Waals surface area (Å²) in [7, 11) is 0. The van der Waals surface area contributed by atoms with Crippen molar-refractivity contribution < 1.29 is 4.92 Å². The van der Waals surface area contributed by atoms with Gasteiger partial charge in [0.1, 0.15) is 0 Å². The van der Waals surface area contributed by atoms with Gasteiger partial charge in [-0.3, -0.25) is 10.1 Å². The molecule has 0 aliphatic heterocycles. The first-order chi connectivity index (χ1) is 7.69. The van der Waals surface area contributed by atoms with Crippen LogP contribution in [0.4, 0.5) is 5.69 Å². The van der Waals surface area contributed by atoms with Gasteiger partial charge in [-0.2, -0.15) is 0 Å². The fraction of sp³-hybridized carbons (Fsp3) is 0.500. The quantitative estimate of drug-likeness (QED) is 0.662. The van der Waals surface area contributed by atoms with E-state index in [9.17, 15) is 10.1 Å². The van der Waals surface area contributed by atoms with Crippen molar-refractivity contribution in [3.63, 3.8) is 0 Å². The molecule has 17 heavy (non-hydrogen) atoms. The van der Waals surface area contributed by atoms with E-state index in [4.69, 9.17) is 17.3 Å². The minimum absolute atomic E-state index is 0.0168. The molecule has 0 bridgehead atoms. The van der Waals surface area contributed by atoms with E-state index in [1.54, 1.807) is 6.07 Å². The van der Waals surface area contributed by atoms with Crippen molar-refractivity contribution in [1.29, 1.82) is 0 Å². The summed E-state index contributed by atoms with van der Waals surface area (Å²) in [5, 5.41) is 11.1. The first-order valence-corrected chi connectivity index (χ1v) is 5.77. The summed E-state index contributed by atoms with van der Waals surface area (Å²) in [6, 6.07) is 4.26. The van der Waals surface area contributed by atoms with Gasteiger partial charge in [-0.25, -0.2) is 0 Å². The highest BCUT2D eigenvalue weighted by Gasteiger charge is 2.19. The molecule has 4 nitrogen and oxygen atoms in total. The summed E-state index contributed by atoms with van der Waals surface area (Å²) in [5.41, 5.74) is 6.79. The smallest absolute Gasteiger partial charge is 0.271 e. The molecule has 5 heteroatoms. The highest BCUT2D eigenvalue weighted by Crippen LogP contribution is 2.31. The lowest BCUT2D eigenvalue weighted by Gasteiger charge is -2.23. The molecule has 0 fully saturated rings. The summed E-state index contributed by atoms with van der Waals surface area (Å²) in [4.78, 5) is 10.3. The lowest BCUT2D eigenvalue weighted by Crippen LogP contribution is -2.18. The van der Waals surface area contributed by atoms with Crippen LogP contribution in [-0.4, -0.2) is 4.92 Å². The number of hydrogen-bond acceptors (Lipinski definition) is 3. The van der Waals surface area contributed by atoms with Crippen molar-refractivity contribution >= 4 is 17.3 Å². The second-order valence-corrected chi connectivity index (χ2v) is 5.81. The summed E-state index contributed by atoms with van der Waals surface area (Å²) in [5.74, 6) is 0. The molecule has 0 spiro atoms. The van der Waals surface area contributed by atoms with E-state index in [1.165, 1.54) is 12.1 Å². The largest absolute Gasteiger partial charge is 0.324 e. The zero-order valence-electron chi connectivity index (χ0n) is 10.2. The Balaban J connectivity index is 3.01. The Labute approximate surface area is 106 Å². The van der Waals surface area contributed by atoms with Gasteiger partial charge in [-0.1, -0.05) is 32.4 Å². The number of rotatable bonds is 3. The molecule has 94 valence electrons. The standard InChI is InChI=1S/C12H17ClN2O2/c1-12(2,3)7-11(14)8-4-9(13)6-10(5-8)15(16)17/h4-6,11H,7,14H2,1-3H3. The maximum Gasteiger partial charge on any atom is 0.271 e. The predicted molar refractivity (Wildman–Crippen MR) is 69.1 cm³/mol. The van der Waals surface area contributed by atoms with E-state index < -0.39 is 4.92 Å². The fourth-order valence-corrected chi connectivity index (χ4v) is 1.93. The molecule has 0 saturated heterocycles. The molecule has 0 aliphatic carbocycles. The van der Waals surface area contributed by atoms with Crippen LogP contribution in [0.3, 0.4) is 0 Å². The van der Waals surface area contributed by atoms with E-state index in [2.05, 4.69) is 20.8 Å². The molecule has 0 saturated carbocycles. The molecule has 1 aromatic rings. The zero-order chi connectivity index (χ0) is 13.2. The molecular weight excluding hydrogens is 240 g/mol. The lowest BCUT2D eigenvalue weighted by molar-refractivity contribution is -0.384. The maximum absolute atomic E-state index is 10.7. The van der Waals surface area contributed by atoms with Crippen molar-refractivity contribution in [2.45, 2.75) is 33.2 Å². The average Bonchev–Trinajstić information content (AvgIpc) is 2.13. The van der Waals surface area contributed by atoms with Gasteiger partial charge in [0.2, 0.25) is 0 Å². The Morgan fingerprint density at radius 1 is 1.41 bits per heavy atom. The first kappa shape index (κ1) is 13.9. The van der Waals surface area contributed by atoms with E-state index in [1.807, 2.05) is 0 Å². The SMILES string of the molecule is CC(C)(C)CC(N)c1cc(Cl)cc([N+](=O)[O-])c1. The molecule has 1 atom stereocenters. The maximum atomic E-state index is 10.7. The van der Waals surface area contributed by atoms with Crippen LogP contribution in [0.15, 0.2) is 18.2 Å². The predicted octanol–water partition coefficient (Wildman–Crippen LogP) is 3.68. The number of nitro groups is 1. The zero-order valence-corrected chi connectivity index (χ0v) is 11.0. The van der Waals surface area contributed by atoms with E-state index in [0.717, 1.165) is 6.42 Å². The molecule has 1 unspecified atom stereocenters. The number of nitrogens with two attached hydrogens (primary N) is 1. The van der Waals surface area contributed by atoms with Gasteiger partial charge in [-0.05, 0) is 23.5 Å². The van der Waals surface area contributed by atoms with Gasteiger partial charge in [0.15, 0.2) is 0 Å². The van der Waals surface area contributed by atoms with Gasteiger partial charge in [0.05, 0.1) is 4.92 Å². The Hall–Kier alpha value is -1.13. The van der Waals surface area contributed by atoms with Gasteiger partial charge in [-0.15, -0.1) is 0 Å². The van der Waals surface area contributed by atoms with E-state index in [0.29, 0.717) is 10.6 Å². The van der Waals surface area contributed by atoms with Crippen LogP contribution in [0.25, 0.3) is 0 Å². The Morgan fingerprint density at radius 2 is 2.00 bits per heavy atom. The van der Waals surface area contributed by atoms with Crippen LogP contribution in [0.1, 0.15) is 38.8 Å². The number of hydrogen-bond donors (Lipinski definition) is 1. The second-order valence-electron chi connectivity index (χ2n) is 5.37. The molecule has 1 rings (SSSR count). The molecular formula is C12H17ClN2O2. The average molecular weight is 257 g/mol. The van der Waals surface area contributed by atoms with Crippen LogP contribution in [-0.2, 0) is 0 Å². The third kappa shape index (κ3) is 4.32. The number of non-ortho nitro benzene ring substituents is 1. The monoisotopic (exact) mass is 256 g/mol. The van der Waals surface area contributed by atoms with Gasteiger partial charge in [0, 0.05) is 23.2 Å². The van der Waals surface area contributed by atoms with Crippen LogP contribution in [0, 0.1) is 15.5 Å². The number of nitrogens with zero attached hydrogens (tertiary/aromatic N) is 1. The van der Waals surface area contributed by atoms with Gasteiger partial charge >= 0.3 is 0 Å². The molecule has 0 radical (unpaired) electrons. The topological polar surface area (TPSA) is 69.2 Å². The normalized spacial score (nSPS) is 13.5. The van der Waals surface area contributed by atoms with Crippen molar-refractivity contribution in [2.24, 2.45) is 11.1 Å². The van der Waals surface area contributed by atoms with E-state index in [-0.39, 0.29) is 17.1 Å². The van der Waals surface area contributed by atoms with Crippen LogP contribution in [0.2, 0.25) is 5.02 Å². The second kappa shape index (κ2) is 5.02. The molecule has 1 aromatic carbocycles. The van der Waals surface area contributed by atoms with Crippen molar-refractivity contribution in [2.75, 3.05) is 0 Å². The van der Waals surface area contributed by atoms with Crippen LogP contribution in [0.5, 0.6) is 0 Å². The van der Waals surface area contributed by atoms with Crippen molar-refractivity contribution in [3.05, 3.63) is 38.9 Å². The molecule has 2 N–H and O–H groups in total. The highest BCUT2D eigenvalue weighted by atomic mass is 35.5. The third-order valence-electron chi connectivity index (χ3n) is 2.38. The molecule has 0 aromatic heterocycles. The number of nitro benzene ring substituents is 1. The van der Waals surface area contributed by atoms with Crippen LogP contribution >= 0.6 is 11.6 Å². The summed E-state index contributed by atoms with van der Waals surface area (Å²) < 4.78 is 0. The lowest BCUT2D eigenvalue weighted by atomic mass is 9.86. The summed E-state index contributed by atoms with van der Waals surface area (Å²) in [6.45, 7) is 6.23. The molecule has 0 heterocycles. The molecule has 0 aliphatic rings. The Kier molecular flexibility index (Phi) is 4.11. The van der Waals surface area contributed by atoms with Crippen molar-refractivity contribution in [3.8, 4) is 0 Å².